The second-order valence-electron chi connectivity index (χ2n) is 7.19. The van der Waals surface area contributed by atoms with Gasteiger partial charge in [0.2, 0.25) is 0 Å². The predicted octanol–water partition coefficient (Wildman–Crippen LogP) is 5.62. The van der Waals surface area contributed by atoms with E-state index in [1.165, 1.54) is 40.9 Å². The molecule has 0 unspecified atom stereocenters. The molecule has 0 bridgehead atoms. The van der Waals surface area contributed by atoms with Crippen molar-refractivity contribution in [3.63, 3.8) is 0 Å². The van der Waals surface area contributed by atoms with Crippen molar-refractivity contribution in [3.8, 4) is 11.5 Å². The number of hydrogen-bond acceptors (Lipinski definition) is 8. The first-order valence-electron chi connectivity index (χ1n) is 10.4. The minimum Gasteiger partial charge on any atom is -0.490 e. The standard InChI is InChI=1S/C25H18N2O6S2/c1-2-32-21-14-16(15-22-23(28)26(25(34)35-22)18-6-4-3-5-7-18)8-13-20(21)33-24(29)17-9-11-19(12-10-17)27(30)31/h3-15H,2H2,1H3/b22-15+. The predicted molar refractivity (Wildman–Crippen MR) is 138 cm³/mol. The van der Waals surface area contributed by atoms with Crippen molar-refractivity contribution in [2.45, 2.75) is 6.92 Å². The van der Waals surface area contributed by atoms with Crippen LogP contribution in [-0.2, 0) is 4.79 Å². The first-order chi connectivity index (χ1) is 16.9. The van der Waals surface area contributed by atoms with Crippen molar-refractivity contribution in [1.82, 2.24) is 0 Å². The molecule has 1 saturated heterocycles. The summed E-state index contributed by atoms with van der Waals surface area (Å²) in [5.74, 6) is -0.408. The van der Waals surface area contributed by atoms with Crippen molar-refractivity contribution in [2.75, 3.05) is 11.5 Å². The van der Waals surface area contributed by atoms with E-state index in [4.69, 9.17) is 21.7 Å². The highest BCUT2D eigenvalue weighted by Crippen LogP contribution is 2.37. The Bertz CT molecular complexity index is 1340. The molecule has 3 aromatic rings. The molecule has 176 valence electrons. The number of carbonyl (C=O) groups is 2. The van der Waals surface area contributed by atoms with Gasteiger partial charge >= 0.3 is 5.97 Å². The van der Waals surface area contributed by atoms with Crippen molar-refractivity contribution in [2.24, 2.45) is 0 Å². The molecule has 0 atom stereocenters. The van der Waals surface area contributed by atoms with Crippen LogP contribution in [0, 0.1) is 10.1 Å². The molecule has 1 amide bonds. The topological polar surface area (TPSA) is 99.0 Å². The summed E-state index contributed by atoms with van der Waals surface area (Å²) < 4.78 is 11.5. The van der Waals surface area contributed by atoms with E-state index in [9.17, 15) is 19.7 Å². The Morgan fingerprint density at radius 3 is 2.46 bits per heavy atom. The second kappa shape index (κ2) is 10.5. The number of rotatable bonds is 7. The maximum atomic E-state index is 13.0. The zero-order valence-electron chi connectivity index (χ0n) is 18.4. The molecular weight excluding hydrogens is 488 g/mol. The van der Waals surface area contributed by atoms with Gasteiger partial charge in [-0.15, -0.1) is 0 Å². The molecule has 0 aliphatic carbocycles. The van der Waals surface area contributed by atoms with Crippen LogP contribution in [0.5, 0.6) is 11.5 Å². The van der Waals surface area contributed by atoms with Crippen molar-refractivity contribution in [1.29, 1.82) is 0 Å². The Morgan fingerprint density at radius 2 is 1.80 bits per heavy atom. The first-order valence-corrected chi connectivity index (χ1v) is 11.7. The van der Waals surface area contributed by atoms with Crippen LogP contribution < -0.4 is 14.4 Å². The summed E-state index contributed by atoms with van der Waals surface area (Å²) in [6.45, 7) is 2.11. The number of anilines is 1. The molecule has 3 aromatic carbocycles. The fourth-order valence-electron chi connectivity index (χ4n) is 3.26. The largest absolute Gasteiger partial charge is 0.490 e. The molecule has 8 nitrogen and oxygen atoms in total. The number of thiocarbonyl (C=S) groups is 1. The number of nitro benzene ring substituents is 1. The van der Waals surface area contributed by atoms with E-state index in [2.05, 4.69) is 0 Å². The monoisotopic (exact) mass is 506 g/mol. The molecule has 0 spiro atoms. The summed E-state index contributed by atoms with van der Waals surface area (Å²) in [5, 5.41) is 10.8. The molecule has 1 aliphatic rings. The normalized spacial score (nSPS) is 14.3. The van der Waals surface area contributed by atoms with E-state index in [0.717, 1.165) is 0 Å². The molecule has 1 heterocycles. The smallest absolute Gasteiger partial charge is 0.343 e. The summed E-state index contributed by atoms with van der Waals surface area (Å²) >= 11 is 6.61. The minimum atomic E-state index is -0.683. The van der Waals surface area contributed by atoms with E-state index in [1.807, 2.05) is 30.3 Å². The van der Waals surface area contributed by atoms with Crippen LogP contribution in [0.4, 0.5) is 11.4 Å². The van der Waals surface area contributed by atoms with Crippen LogP contribution in [0.25, 0.3) is 6.08 Å². The molecule has 10 heteroatoms. The van der Waals surface area contributed by atoms with Gasteiger partial charge in [0, 0.05) is 12.1 Å². The van der Waals surface area contributed by atoms with Crippen LogP contribution in [0.3, 0.4) is 0 Å². The maximum Gasteiger partial charge on any atom is 0.343 e. The third kappa shape index (κ3) is 5.39. The average molecular weight is 507 g/mol. The number of benzene rings is 3. The van der Waals surface area contributed by atoms with E-state index in [1.54, 1.807) is 31.2 Å². The van der Waals surface area contributed by atoms with Gasteiger partial charge < -0.3 is 9.47 Å². The number of amides is 1. The Balaban J connectivity index is 1.56. The molecule has 35 heavy (non-hydrogen) atoms. The lowest BCUT2D eigenvalue weighted by Gasteiger charge is -2.14. The lowest BCUT2D eigenvalue weighted by Crippen LogP contribution is -2.27. The van der Waals surface area contributed by atoms with Crippen LogP contribution in [0.15, 0.2) is 77.7 Å². The van der Waals surface area contributed by atoms with Crippen LogP contribution >= 0.6 is 24.0 Å². The summed E-state index contributed by atoms with van der Waals surface area (Å²) in [5.41, 5.74) is 1.39. The summed E-state index contributed by atoms with van der Waals surface area (Å²) in [4.78, 5) is 37.7. The lowest BCUT2D eigenvalue weighted by atomic mass is 10.1. The summed E-state index contributed by atoms with van der Waals surface area (Å²) in [7, 11) is 0. The first kappa shape index (κ1) is 24.1. The summed E-state index contributed by atoms with van der Waals surface area (Å²) in [6.07, 6.45) is 1.70. The molecule has 0 saturated carbocycles. The van der Waals surface area contributed by atoms with Gasteiger partial charge in [-0.2, -0.15) is 0 Å². The third-order valence-electron chi connectivity index (χ3n) is 4.89. The van der Waals surface area contributed by atoms with Gasteiger partial charge in [0.1, 0.15) is 0 Å². The molecule has 4 rings (SSSR count). The highest BCUT2D eigenvalue weighted by Gasteiger charge is 2.33. The Kier molecular flexibility index (Phi) is 7.23. The molecule has 0 aromatic heterocycles. The van der Waals surface area contributed by atoms with E-state index in [-0.39, 0.29) is 22.9 Å². The van der Waals surface area contributed by atoms with Crippen LogP contribution in [-0.4, -0.2) is 27.7 Å². The fraction of sp³-hybridized carbons (Fsp3) is 0.0800. The highest BCUT2D eigenvalue weighted by molar-refractivity contribution is 8.27. The van der Waals surface area contributed by atoms with E-state index >= 15 is 0 Å². The number of thioether (sulfide) groups is 1. The number of esters is 1. The molecule has 0 radical (unpaired) electrons. The second-order valence-corrected chi connectivity index (χ2v) is 8.86. The molecule has 1 fully saturated rings. The van der Waals surface area contributed by atoms with Gasteiger partial charge in [0.05, 0.1) is 27.7 Å². The Morgan fingerprint density at radius 1 is 1.09 bits per heavy atom. The molecule has 0 N–H and O–H groups in total. The average Bonchev–Trinajstić information content (AvgIpc) is 3.13. The van der Waals surface area contributed by atoms with Crippen LogP contribution in [0.2, 0.25) is 0 Å². The van der Waals surface area contributed by atoms with Crippen molar-refractivity contribution in [3.05, 3.63) is 98.9 Å². The highest BCUT2D eigenvalue weighted by atomic mass is 32.2. The quantitative estimate of drug-likeness (QED) is 0.102. The summed E-state index contributed by atoms with van der Waals surface area (Å²) in [6, 6.07) is 19.2. The SMILES string of the molecule is CCOc1cc(/C=C2/SC(=S)N(c3ccccc3)C2=O)ccc1OC(=O)c1ccc([N+](=O)[O-])cc1. The number of nitro groups is 1. The Labute approximate surface area is 210 Å². The van der Waals surface area contributed by atoms with Crippen molar-refractivity contribution >= 4 is 57.6 Å². The van der Waals surface area contributed by atoms with Crippen LogP contribution in [0.1, 0.15) is 22.8 Å². The number of non-ortho nitro benzene ring substituents is 1. The number of hydrogen-bond donors (Lipinski definition) is 0. The fourth-order valence-corrected chi connectivity index (χ4v) is 4.56. The van der Waals surface area contributed by atoms with E-state index in [0.29, 0.717) is 32.8 Å². The molecule has 1 aliphatic heterocycles. The molecular formula is C25H18N2O6S2. The maximum absolute atomic E-state index is 13.0. The minimum absolute atomic E-state index is 0.126. The zero-order chi connectivity index (χ0) is 24.9. The number of carbonyl (C=O) groups excluding carboxylic acids is 2. The number of nitrogens with zero attached hydrogens (tertiary/aromatic N) is 2. The van der Waals surface area contributed by atoms with Gasteiger partial charge in [-0.05, 0) is 55.0 Å². The lowest BCUT2D eigenvalue weighted by molar-refractivity contribution is -0.384. The van der Waals surface area contributed by atoms with E-state index < -0.39 is 10.9 Å². The van der Waals surface area contributed by atoms with Gasteiger partial charge in [0.25, 0.3) is 11.6 Å². The third-order valence-corrected chi connectivity index (χ3v) is 6.19. The van der Waals surface area contributed by atoms with Gasteiger partial charge in [-0.1, -0.05) is 48.2 Å². The van der Waals surface area contributed by atoms with Gasteiger partial charge in [-0.25, -0.2) is 4.79 Å². The number of ether oxygens (including phenoxy) is 2. The van der Waals surface area contributed by atoms with Gasteiger partial charge in [0.15, 0.2) is 15.8 Å². The number of para-hydroxylation sites is 1. The van der Waals surface area contributed by atoms with Gasteiger partial charge in [-0.3, -0.25) is 19.8 Å². The zero-order valence-corrected chi connectivity index (χ0v) is 20.0. The Hall–Kier alpha value is -4.02. The van der Waals surface area contributed by atoms with Crippen molar-refractivity contribution < 1.29 is 24.0 Å².